The molecule has 0 aromatic carbocycles. The number of rotatable bonds is 4. The van der Waals surface area contributed by atoms with Gasteiger partial charge >= 0.3 is 0 Å². The first-order valence-corrected chi connectivity index (χ1v) is 7.31. The van der Waals surface area contributed by atoms with Gasteiger partial charge in [-0.1, -0.05) is 13.8 Å². The van der Waals surface area contributed by atoms with E-state index >= 15 is 0 Å². The molecule has 0 N–H and O–H groups in total. The van der Waals surface area contributed by atoms with Gasteiger partial charge in [0.15, 0.2) is 0 Å². The Hall–Kier alpha value is -1.10. The van der Waals surface area contributed by atoms with Crippen LogP contribution in [0.3, 0.4) is 0 Å². The minimum Gasteiger partial charge on any atom is -0.343 e. The molecular weight excluding hydrogens is 262 g/mol. The average molecular weight is 284 g/mol. The third kappa shape index (κ3) is 3.93. The van der Waals surface area contributed by atoms with Gasteiger partial charge in [-0.3, -0.25) is 0 Å². The number of halogens is 1. The maximum absolute atomic E-state index is 6.03. The van der Waals surface area contributed by atoms with Crippen LogP contribution in [0.4, 0.5) is 11.9 Å². The number of anilines is 2. The number of hydrogen-bond acceptors (Lipinski definition) is 5. The summed E-state index contributed by atoms with van der Waals surface area (Å²) in [6.45, 7) is 7.26. The Balaban J connectivity index is 2.18. The number of hydrogen-bond donors (Lipinski definition) is 0. The van der Waals surface area contributed by atoms with Gasteiger partial charge in [0.2, 0.25) is 17.2 Å². The maximum atomic E-state index is 6.03. The Morgan fingerprint density at radius 1 is 1.16 bits per heavy atom. The zero-order chi connectivity index (χ0) is 13.8. The van der Waals surface area contributed by atoms with E-state index in [9.17, 15) is 0 Å². The van der Waals surface area contributed by atoms with Crippen molar-refractivity contribution in [3.8, 4) is 0 Å². The molecule has 1 aliphatic heterocycles. The van der Waals surface area contributed by atoms with Crippen LogP contribution in [0.1, 0.15) is 33.1 Å². The second kappa shape index (κ2) is 6.37. The average Bonchev–Trinajstić information content (AvgIpc) is 2.38. The molecule has 1 aromatic rings. The van der Waals surface area contributed by atoms with Gasteiger partial charge in [0.25, 0.3) is 0 Å². The lowest BCUT2D eigenvalue weighted by molar-refractivity contribution is 0.566. The van der Waals surface area contributed by atoms with Crippen molar-refractivity contribution in [2.45, 2.75) is 33.1 Å². The summed E-state index contributed by atoms with van der Waals surface area (Å²) in [6.07, 6.45) is 3.68. The lowest BCUT2D eigenvalue weighted by Gasteiger charge is -2.27. The van der Waals surface area contributed by atoms with Crippen molar-refractivity contribution >= 4 is 23.5 Å². The number of nitrogens with zero attached hydrogens (tertiary/aromatic N) is 5. The maximum Gasteiger partial charge on any atom is 0.231 e. The Labute approximate surface area is 120 Å². The third-order valence-electron chi connectivity index (χ3n) is 3.20. The van der Waals surface area contributed by atoms with Crippen LogP contribution in [0.25, 0.3) is 0 Å². The van der Waals surface area contributed by atoms with Crippen molar-refractivity contribution in [3.05, 3.63) is 5.28 Å². The monoisotopic (exact) mass is 283 g/mol. The van der Waals surface area contributed by atoms with Gasteiger partial charge in [-0.15, -0.1) is 0 Å². The SMILES string of the molecule is CC(C)CN(C)c1nc(Cl)nc(N2CCCCC2)n1. The second-order valence-electron chi connectivity index (χ2n) is 5.53. The van der Waals surface area contributed by atoms with E-state index < -0.39 is 0 Å². The fourth-order valence-electron chi connectivity index (χ4n) is 2.36. The molecule has 0 bridgehead atoms. The number of piperidine rings is 1. The van der Waals surface area contributed by atoms with Gasteiger partial charge in [-0.05, 0) is 36.8 Å². The minimum atomic E-state index is 0.279. The van der Waals surface area contributed by atoms with Crippen molar-refractivity contribution in [2.75, 3.05) is 36.5 Å². The van der Waals surface area contributed by atoms with Crippen LogP contribution in [0, 0.1) is 5.92 Å². The minimum absolute atomic E-state index is 0.279. The first-order valence-electron chi connectivity index (χ1n) is 6.94. The normalized spacial score (nSPS) is 15.9. The van der Waals surface area contributed by atoms with E-state index in [0.717, 1.165) is 19.6 Å². The van der Waals surface area contributed by atoms with E-state index in [0.29, 0.717) is 17.8 Å². The predicted octanol–water partition coefficient (Wildman–Crippen LogP) is 2.61. The lowest BCUT2D eigenvalue weighted by Crippen LogP contribution is -2.32. The van der Waals surface area contributed by atoms with E-state index in [4.69, 9.17) is 11.6 Å². The van der Waals surface area contributed by atoms with Gasteiger partial charge in [0.1, 0.15) is 0 Å². The summed E-state index contributed by atoms with van der Waals surface area (Å²) >= 11 is 6.03. The molecule has 0 aliphatic carbocycles. The standard InChI is InChI=1S/C13H22ClN5/c1-10(2)9-18(3)12-15-11(14)16-13(17-12)19-7-5-4-6-8-19/h10H,4-9H2,1-3H3. The zero-order valence-electron chi connectivity index (χ0n) is 11.9. The van der Waals surface area contributed by atoms with Crippen molar-refractivity contribution in [1.29, 1.82) is 0 Å². The highest BCUT2D eigenvalue weighted by molar-refractivity contribution is 6.28. The molecular formula is C13H22ClN5. The molecule has 0 spiro atoms. The molecule has 1 fully saturated rings. The van der Waals surface area contributed by atoms with Crippen molar-refractivity contribution in [1.82, 2.24) is 15.0 Å². The highest BCUT2D eigenvalue weighted by Gasteiger charge is 2.17. The summed E-state index contributed by atoms with van der Waals surface area (Å²) in [5, 5.41) is 0.279. The van der Waals surface area contributed by atoms with Crippen LogP contribution in [0.5, 0.6) is 0 Å². The summed E-state index contributed by atoms with van der Waals surface area (Å²) in [7, 11) is 1.99. The summed E-state index contributed by atoms with van der Waals surface area (Å²) < 4.78 is 0. The van der Waals surface area contributed by atoms with E-state index in [2.05, 4.69) is 33.7 Å². The van der Waals surface area contributed by atoms with E-state index in [-0.39, 0.29) is 5.28 Å². The third-order valence-corrected chi connectivity index (χ3v) is 3.37. The van der Waals surface area contributed by atoms with E-state index in [1.165, 1.54) is 19.3 Å². The number of aromatic nitrogens is 3. The quantitative estimate of drug-likeness (QED) is 0.850. The largest absolute Gasteiger partial charge is 0.343 e. The summed E-state index contributed by atoms with van der Waals surface area (Å²) in [6, 6.07) is 0. The first kappa shape index (κ1) is 14.3. The van der Waals surface area contributed by atoms with Crippen molar-refractivity contribution < 1.29 is 0 Å². The fourth-order valence-corrected chi connectivity index (χ4v) is 2.52. The van der Waals surface area contributed by atoms with Crippen molar-refractivity contribution in [2.24, 2.45) is 5.92 Å². The Kier molecular flexibility index (Phi) is 4.80. The molecule has 5 nitrogen and oxygen atoms in total. The molecule has 106 valence electrons. The van der Waals surface area contributed by atoms with Gasteiger partial charge in [-0.2, -0.15) is 15.0 Å². The highest BCUT2D eigenvalue weighted by Crippen LogP contribution is 2.20. The molecule has 0 saturated carbocycles. The van der Waals surface area contributed by atoms with Crippen LogP contribution < -0.4 is 9.80 Å². The molecule has 1 saturated heterocycles. The first-order chi connectivity index (χ1) is 9.06. The van der Waals surface area contributed by atoms with Crippen LogP contribution >= 0.6 is 11.6 Å². The lowest BCUT2D eigenvalue weighted by atomic mass is 10.1. The van der Waals surface area contributed by atoms with Crippen LogP contribution in [0.2, 0.25) is 5.28 Å². The molecule has 2 heterocycles. The molecule has 1 aliphatic rings. The van der Waals surface area contributed by atoms with E-state index in [1.54, 1.807) is 0 Å². The topological polar surface area (TPSA) is 45.2 Å². The summed E-state index contributed by atoms with van der Waals surface area (Å²) in [5.74, 6) is 1.93. The molecule has 2 rings (SSSR count). The molecule has 0 atom stereocenters. The smallest absolute Gasteiger partial charge is 0.231 e. The highest BCUT2D eigenvalue weighted by atomic mass is 35.5. The zero-order valence-corrected chi connectivity index (χ0v) is 12.7. The predicted molar refractivity (Wildman–Crippen MR) is 79.0 cm³/mol. The van der Waals surface area contributed by atoms with Crippen LogP contribution in [-0.4, -0.2) is 41.6 Å². The summed E-state index contributed by atoms with van der Waals surface area (Å²) in [4.78, 5) is 17.3. The van der Waals surface area contributed by atoms with Gasteiger partial charge < -0.3 is 9.80 Å². The second-order valence-corrected chi connectivity index (χ2v) is 5.86. The Morgan fingerprint density at radius 2 is 1.84 bits per heavy atom. The summed E-state index contributed by atoms with van der Waals surface area (Å²) in [5.41, 5.74) is 0. The fraction of sp³-hybridized carbons (Fsp3) is 0.769. The molecule has 19 heavy (non-hydrogen) atoms. The van der Waals surface area contributed by atoms with Crippen molar-refractivity contribution in [3.63, 3.8) is 0 Å². The molecule has 0 unspecified atom stereocenters. The van der Waals surface area contributed by atoms with Gasteiger partial charge in [-0.25, -0.2) is 0 Å². The van der Waals surface area contributed by atoms with Crippen LogP contribution in [-0.2, 0) is 0 Å². The Morgan fingerprint density at radius 3 is 2.47 bits per heavy atom. The van der Waals surface area contributed by atoms with E-state index in [1.807, 2.05) is 11.9 Å². The van der Waals surface area contributed by atoms with Gasteiger partial charge in [0, 0.05) is 26.7 Å². The molecule has 0 amide bonds. The molecule has 0 radical (unpaired) electrons. The molecule has 6 heteroatoms. The van der Waals surface area contributed by atoms with Crippen LogP contribution in [0.15, 0.2) is 0 Å². The Bertz CT molecular complexity index is 417. The molecule has 1 aromatic heterocycles. The van der Waals surface area contributed by atoms with Gasteiger partial charge in [0.05, 0.1) is 0 Å².